The number of phenols is 2. The van der Waals surface area contributed by atoms with Crippen molar-refractivity contribution in [3.05, 3.63) is 53.6 Å². The molecule has 1 spiro atoms. The zero-order valence-electron chi connectivity index (χ0n) is 17.3. The third-order valence-corrected chi connectivity index (χ3v) is 6.27. The Hall–Kier alpha value is -3.42. The first-order valence-electron chi connectivity index (χ1n) is 10.6. The molecule has 31 heavy (non-hydrogen) atoms. The number of piperidine rings is 1. The van der Waals surface area contributed by atoms with E-state index in [9.17, 15) is 15.0 Å². The van der Waals surface area contributed by atoms with Gasteiger partial charge in [0.25, 0.3) is 0 Å². The molecular weight excluding hydrogens is 398 g/mol. The summed E-state index contributed by atoms with van der Waals surface area (Å²) in [4.78, 5) is 13.9. The first kappa shape index (κ1) is 19.5. The number of ether oxygens (including phenoxy) is 2. The summed E-state index contributed by atoms with van der Waals surface area (Å²) in [5, 5.41) is 27.2. The van der Waals surface area contributed by atoms with E-state index in [-0.39, 0.29) is 23.6 Å². The Kier molecular flexibility index (Phi) is 4.64. The minimum Gasteiger partial charge on any atom is -0.508 e. The maximum atomic E-state index is 12.2. The number of likely N-dealkylation sites (tertiary alicyclic amines) is 1. The van der Waals surface area contributed by atoms with Crippen LogP contribution in [0.4, 0.5) is 4.79 Å². The summed E-state index contributed by atoms with van der Waals surface area (Å²) in [6, 6.07) is 12.4. The molecule has 1 fully saturated rings. The van der Waals surface area contributed by atoms with Gasteiger partial charge >= 0.3 is 6.09 Å². The second-order valence-corrected chi connectivity index (χ2v) is 8.08. The van der Waals surface area contributed by atoms with Crippen molar-refractivity contribution < 1.29 is 24.5 Å². The van der Waals surface area contributed by atoms with Crippen molar-refractivity contribution in [3.8, 4) is 17.2 Å². The topological polar surface area (TPSA) is 94.8 Å². The number of hydrogen-bond donors (Lipinski definition) is 2. The van der Waals surface area contributed by atoms with Crippen LogP contribution in [0.1, 0.15) is 43.4 Å². The van der Waals surface area contributed by atoms with Gasteiger partial charge in [-0.05, 0) is 31.2 Å². The lowest BCUT2D eigenvalue weighted by atomic mass is 9.90. The molecular formula is C23H25N3O5. The summed E-state index contributed by atoms with van der Waals surface area (Å²) in [6.45, 7) is 3.16. The third kappa shape index (κ3) is 3.22. The molecule has 0 aliphatic carbocycles. The summed E-state index contributed by atoms with van der Waals surface area (Å²) >= 11 is 0. The molecule has 1 saturated heterocycles. The molecule has 2 aromatic carbocycles. The summed E-state index contributed by atoms with van der Waals surface area (Å²) in [5.74, 6) is 0.983. The van der Waals surface area contributed by atoms with E-state index >= 15 is 0 Å². The maximum Gasteiger partial charge on any atom is 0.409 e. The van der Waals surface area contributed by atoms with Crippen LogP contribution < -0.4 is 4.74 Å². The molecule has 0 unspecified atom stereocenters. The van der Waals surface area contributed by atoms with Crippen molar-refractivity contribution in [3.63, 3.8) is 0 Å². The van der Waals surface area contributed by atoms with Crippen LogP contribution in [0.3, 0.4) is 0 Å². The van der Waals surface area contributed by atoms with E-state index in [1.807, 2.05) is 29.3 Å². The van der Waals surface area contributed by atoms with E-state index < -0.39 is 5.72 Å². The molecule has 3 aliphatic rings. The van der Waals surface area contributed by atoms with Crippen molar-refractivity contribution in [1.29, 1.82) is 0 Å². The molecule has 0 bridgehead atoms. The lowest BCUT2D eigenvalue weighted by Crippen LogP contribution is -2.59. The fourth-order valence-corrected chi connectivity index (χ4v) is 4.73. The standard InChI is InChI=1S/C23H25N3O5/c1-2-30-22(29)25-11-9-23(10-12-25)26-19(16-5-3-4-6-21(16)31-23)14-18(24-26)17-13-15(27)7-8-20(17)28/h3-8,13,19,27-28H,2,9-12,14H2,1H3/t19-/m1/s1. The van der Waals surface area contributed by atoms with Gasteiger partial charge in [-0.25, -0.2) is 9.80 Å². The van der Waals surface area contributed by atoms with E-state index in [0.29, 0.717) is 50.2 Å². The van der Waals surface area contributed by atoms with E-state index in [4.69, 9.17) is 14.6 Å². The number of fused-ring (bicyclic) bond motifs is 4. The van der Waals surface area contributed by atoms with Crippen LogP contribution in [0.5, 0.6) is 17.2 Å². The zero-order chi connectivity index (χ0) is 21.6. The molecule has 3 aliphatic heterocycles. The normalized spacial score (nSPS) is 21.2. The fraction of sp³-hybridized carbons (Fsp3) is 0.391. The number of carbonyl (C=O) groups excluding carboxylic acids is 1. The lowest BCUT2D eigenvalue weighted by molar-refractivity contribution is -0.147. The van der Waals surface area contributed by atoms with E-state index in [0.717, 1.165) is 11.3 Å². The summed E-state index contributed by atoms with van der Waals surface area (Å²) in [6.07, 6.45) is 1.44. The molecule has 2 N–H and O–H groups in total. The Balaban J connectivity index is 1.50. The van der Waals surface area contributed by atoms with Crippen LogP contribution in [-0.2, 0) is 4.74 Å². The highest BCUT2D eigenvalue weighted by Crippen LogP contribution is 2.50. The predicted octanol–water partition coefficient (Wildman–Crippen LogP) is 3.59. The predicted molar refractivity (Wildman–Crippen MR) is 113 cm³/mol. The Morgan fingerprint density at radius 2 is 2.00 bits per heavy atom. The number of benzene rings is 2. The van der Waals surface area contributed by atoms with Gasteiger partial charge in [0.2, 0.25) is 5.72 Å². The minimum absolute atomic E-state index is 0.0455. The molecule has 162 valence electrons. The molecule has 8 heteroatoms. The molecule has 0 radical (unpaired) electrons. The number of nitrogens with zero attached hydrogens (tertiary/aromatic N) is 3. The second kappa shape index (κ2) is 7.37. The van der Waals surface area contributed by atoms with Crippen LogP contribution in [0, 0.1) is 0 Å². The van der Waals surface area contributed by atoms with Crippen LogP contribution in [0.25, 0.3) is 0 Å². The molecule has 8 nitrogen and oxygen atoms in total. The molecule has 3 heterocycles. The van der Waals surface area contributed by atoms with Gasteiger partial charge in [0.05, 0.1) is 18.4 Å². The Labute approximate surface area is 180 Å². The number of carbonyl (C=O) groups is 1. The van der Waals surface area contributed by atoms with Gasteiger partial charge in [-0.1, -0.05) is 18.2 Å². The van der Waals surface area contributed by atoms with Gasteiger partial charge in [0.15, 0.2) is 0 Å². The van der Waals surface area contributed by atoms with E-state index in [1.54, 1.807) is 11.8 Å². The van der Waals surface area contributed by atoms with Gasteiger partial charge in [0, 0.05) is 43.5 Å². The van der Waals surface area contributed by atoms with Crippen LogP contribution >= 0.6 is 0 Å². The van der Waals surface area contributed by atoms with Crippen molar-refractivity contribution in [2.24, 2.45) is 5.10 Å². The second-order valence-electron chi connectivity index (χ2n) is 8.08. The lowest BCUT2D eigenvalue weighted by Gasteiger charge is -2.50. The molecule has 1 amide bonds. The van der Waals surface area contributed by atoms with Gasteiger partial charge in [-0.2, -0.15) is 5.10 Å². The van der Waals surface area contributed by atoms with E-state index in [1.165, 1.54) is 18.2 Å². The minimum atomic E-state index is -0.684. The van der Waals surface area contributed by atoms with Crippen LogP contribution in [-0.4, -0.2) is 57.3 Å². The third-order valence-electron chi connectivity index (χ3n) is 6.27. The van der Waals surface area contributed by atoms with Gasteiger partial charge in [0.1, 0.15) is 17.2 Å². The highest BCUT2D eigenvalue weighted by Gasteiger charge is 2.52. The number of aromatic hydroxyl groups is 2. The maximum absolute atomic E-state index is 12.2. The number of hydrazone groups is 1. The smallest absolute Gasteiger partial charge is 0.409 e. The molecule has 1 atom stereocenters. The monoisotopic (exact) mass is 423 g/mol. The number of phenolic OH excluding ortho intramolecular Hbond substituents is 2. The van der Waals surface area contributed by atoms with Gasteiger partial charge in [-0.3, -0.25) is 0 Å². The quantitative estimate of drug-likeness (QED) is 0.717. The first-order chi connectivity index (χ1) is 15.0. The molecule has 0 saturated carbocycles. The fourth-order valence-electron chi connectivity index (χ4n) is 4.73. The van der Waals surface area contributed by atoms with Gasteiger partial charge in [-0.15, -0.1) is 0 Å². The Morgan fingerprint density at radius 1 is 1.23 bits per heavy atom. The van der Waals surface area contributed by atoms with Crippen molar-refractivity contribution in [2.45, 2.75) is 38.0 Å². The highest BCUT2D eigenvalue weighted by molar-refractivity contribution is 6.04. The average molecular weight is 423 g/mol. The largest absolute Gasteiger partial charge is 0.508 e. The number of rotatable bonds is 2. The number of para-hydroxylation sites is 1. The SMILES string of the molecule is CCOC(=O)N1CCC2(CC1)Oc1ccccc1[C@H]1CC(c3cc(O)ccc3O)=NN12. The zero-order valence-corrected chi connectivity index (χ0v) is 17.3. The van der Waals surface area contributed by atoms with E-state index in [2.05, 4.69) is 0 Å². The number of amides is 1. The summed E-state index contributed by atoms with van der Waals surface area (Å²) < 4.78 is 11.7. The Bertz CT molecular complexity index is 1050. The van der Waals surface area contributed by atoms with Crippen molar-refractivity contribution >= 4 is 11.8 Å². The first-order valence-corrected chi connectivity index (χ1v) is 10.6. The number of hydrogen-bond acceptors (Lipinski definition) is 7. The Morgan fingerprint density at radius 3 is 2.77 bits per heavy atom. The summed E-state index contributed by atoms with van der Waals surface area (Å²) in [7, 11) is 0. The highest BCUT2D eigenvalue weighted by atomic mass is 16.6. The van der Waals surface area contributed by atoms with Crippen molar-refractivity contribution in [2.75, 3.05) is 19.7 Å². The van der Waals surface area contributed by atoms with Gasteiger partial charge < -0.3 is 24.6 Å². The molecule has 5 rings (SSSR count). The molecule has 2 aromatic rings. The summed E-state index contributed by atoms with van der Waals surface area (Å²) in [5.41, 5.74) is 1.58. The average Bonchev–Trinajstić information content (AvgIpc) is 3.23. The molecule has 0 aromatic heterocycles. The van der Waals surface area contributed by atoms with Crippen LogP contribution in [0.2, 0.25) is 0 Å². The van der Waals surface area contributed by atoms with Crippen molar-refractivity contribution in [1.82, 2.24) is 9.91 Å². The van der Waals surface area contributed by atoms with Crippen LogP contribution in [0.15, 0.2) is 47.6 Å².